The Bertz CT molecular complexity index is 1700. The van der Waals surface area contributed by atoms with Crippen molar-refractivity contribution < 1.29 is 14.0 Å². The molecule has 0 aliphatic heterocycles. The number of carbonyl (C=O) groups excluding carboxylic acids is 2. The lowest BCUT2D eigenvalue weighted by molar-refractivity contribution is 0.102. The number of thiophene rings is 1. The van der Waals surface area contributed by atoms with Crippen molar-refractivity contribution in [3.63, 3.8) is 0 Å². The molecule has 0 fully saturated rings. The summed E-state index contributed by atoms with van der Waals surface area (Å²) in [4.78, 5) is 36.5. The number of benzene rings is 2. The lowest BCUT2D eigenvalue weighted by atomic mass is 9.95. The highest BCUT2D eigenvalue weighted by molar-refractivity contribution is 7.21. The van der Waals surface area contributed by atoms with Crippen LogP contribution in [-0.2, 0) is 0 Å². The summed E-state index contributed by atoms with van der Waals surface area (Å²) in [5.41, 5.74) is 12.0. The number of nitrogens with two attached hydrogens (primary N) is 1. The van der Waals surface area contributed by atoms with Crippen LogP contribution in [0.4, 0.5) is 21.5 Å². The number of nitrogen functional groups attached to an aromatic ring is 1. The van der Waals surface area contributed by atoms with Crippen molar-refractivity contribution in [3.05, 3.63) is 100 Å². The van der Waals surface area contributed by atoms with Crippen LogP contribution < -0.4 is 16.4 Å². The lowest BCUT2D eigenvalue weighted by Crippen LogP contribution is -2.17. The first-order valence-corrected chi connectivity index (χ1v) is 12.6. The molecule has 0 aliphatic rings. The number of nitrogens with zero attached hydrogens (tertiary/aromatic N) is 2. The lowest BCUT2D eigenvalue weighted by Gasteiger charge is -2.16. The number of aromatic nitrogens is 2. The smallest absolute Gasteiger partial charge is 0.267 e. The van der Waals surface area contributed by atoms with Gasteiger partial charge in [0.05, 0.1) is 16.9 Å². The molecule has 5 aromatic rings. The third-order valence-corrected chi connectivity index (χ3v) is 7.27. The molecule has 0 radical (unpaired) electrons. The summed E-state index contributed by atoms with van der Waals surface area (Å²) in [5.74, 6) is -1.20. The number of pyridine rings is 2. The van der Waals surface area contributed by atoms with Crippen molar-refractivity contribution in [2.75, 3.05) is 16.4 Å². The van der Waals surface area contributed by atoms with E-state index >= 15 is 0 Å². The largest absolute Gasteiger partial charge is 0.397 e. The summed E-state index contributed by atoms with van der Waals surface area (Å²) in [6.07, 6.45) is 3.29. The van der Waals surface area contributed by atoms with Crippen LogP contribution in [-0.4, -0.2) is 21.8 Å². The Morgan fingerprint density at radius 1 is 0.974 bits per heavy atom. The molecule has 5 rings (SSSR count). The van der Waals surface area contributed by atoms with Gasteiger partial charge < -0.3 is 16.4 Å². The zero-order valence-electron chi connectivity index (χ0n) is 20.9. The quantitative estimate of drug-likeness (QED) is 0.242. The second kappa shape index (κ2) is 10.0. The van der Waals surface area contributed by atoms with E-state index in [0.717, 1.165) is 22.5 Å². The van der Waals surface area contributed by atoms with Crippen LogP contribution in [0.2, 0.25) is 0 Å². The zero-order valence-corrected chi connectivity index (χ0v) is 21.7. The number of hydrogen-bond acceptors (Lipinski definition) is 6. The Balaban J connectivity index is 1.65. The van der Waals surface area contributed by atoms with E-state index in [4.69, 9.17) is 5.73 Å². The number of amides is 2. The van der Waals surface area contributed by atoms with E-state index < -0.39 is 11.7 Å². The van der Waals surface area contributed by atoms with E-state index in [1.54, 1.807) is 25.4 Å². The number of nitrogens with one attached hydrogen (secondary N) is 2. The molecular weight excluding hydrogens is 501 g/mol. The second-order valence-electron chi connectivity index (χ2n) is 8.95. The molecule has 0 spiro atoms. The Morgan fingerprint density at radius 2 is 1.74 bits per heavy atom. The molecule has 2 amide bonds. The van der Waals surface area contributed by atoms with E-state index in [9.17, 15) is 14.0 Å². The fourth-order valence-electron chi connectivity index (χ4n) is 4.37. The van der Waals surface area contributed by atoms with Gasteiger partial charge in [0.1, 0.15) is 15.5 Å². The van der Waals surface area contributed by atoms with Gasteiger partial charge in [-0.1, -0.05) is 23.8 Å². The number of hydrogen-bond donors (Lipinski definition) is 3. The van der Waals surface area contributed by atoms with Crippen LogP contribution >= 0.6 is 11.3 Å². The highest BCUT2D eigenvalue weighted by atomic mass is 32.1. The van der Waals surface area contributed by atoms with Crippen LogP contribution in [0.5, 0.6) is 0 Å². The number of aryl methyl sites for hydroxylation is 3. The van der Waals surface area contributed by atoms with Gasteiger partial charge in [-0.15, -0.1) is 11.3 Å². The molecule has 3 aromatic heterocycles. The molecule has 0 bridgehead atoms. The number of carbonyl (C=O) groups is 2. The molecule has 7 nitrogen and oxygen atoms in total. The monoisotopic (exact) mass is 525 g/mol. The predicted octanol–water partition coefficient (Wildman–Crippen LogP) is 6.51. The Hall–Kier alpha value is -4.63. The molecule has 0 atom stereocenters. The summed E-state index contributed by atoms with van der Waals surface area (Å²) >= 11 is 1.13. The van der Waals surface area contributed by atoms with Gasteiger partial charge in [0.15, 0.2) is 0 Å². The highest BCUT2D eigenvalue weighted by Crippen LogP contribution is 2.42. The van der Waals surface area contributed by atoms with Crippen molar-refractivity contribution in [1.82, 2.24) is 9.97 Å². The summed E-state index contributed by atoms with van der Waals surface area (Å²) < 4.78 is 13.3. The molecule has 0 unspecified atom stereocenters. The van der Waals surface area contributed by atoms with Crippen LogP contribution in [0.25, 0.3) is 21.3 Å². The standard InChI is InChI=1S/C29H24FN5O2S/c1-15-6-11-21(16(2)13-15)35-27(36)22-17(3)33-29-24(23(22)18-5-4-12-32-14-18)25(31)26(38-29)28(37)34-20-9-7-19(30)8-10-20/h4-14H,31H2,1-3H3,(H,34,37)(H,35,36). The molecule has 9 heteroatoms. The average Bonchev–Trinajstić information content (AvgIpc) is 3.22. The Morgan fingerprint density at radius 3 is 2.42 bits per heavy atom. The summed E-state index contributed by atoms with van der Waals surface area (Å²) in [5, 5.41) is 6.26. The zero-order chi connectivity index (χ0) is 27.0. The summed E-state index contributed by atoms with van der Waals surface area (Å²) in [6, 6.07) is 14.9. The molecule has 38 heavy (non-hydrogen) atoms. The second-order valence-corrected chi connectivity index (χ2v) is 9.95. The van der Waals surface area contributed by atoms with E-state index in [0.29, 0.717) is 44.0 Å². The molecule has 0 aliphatic carbocycles. The highest BCUT2D eigenvalue weighted by Gasteiger charge is 2.27. The Labute approximate surface area is 222 Å². The summed E-state index contributed by atoms with van der Waals surface area (Å²) in [6.45, 7) is 5.68. The first-order valence-electron chi connectivity index (χ1n) is 11.8. The molecule has 0 saturated carbocycles. The minimum atomic E-state index is -0.451. The van der Waals surface area contributed by atoms with Gasteiger partial charge in [0.2, 0.25) is 0 Å². The maximum atomic E-state index is 13.7. The van der Waals surface area contributed by atoms with Gasteiger partial charge in [-0.2, -0.15) is 0 Å². The van der Waals surface area contributed by atoms with Crippen LogP contribution in [0, 0.1) is 26.6 Å². The van der Waals surface area contributed by atoms with Gasteiger partial charge in [-0.25, -0.2) is 9.37 Å². The third kappa shape index (κ3) is 4.71. The first-order chi connectivity index (χ1) is 18.2. The normalized spacial score (nSPS) is 10.9. The fraction of sp³-hybridized carbons (Fsp3) is 0.103. The molecule has 2 aromatic carbocycles. The SMILES string of the molecule is Cc1ccc(NC(=O)c2c(C)nc3sc(C(=O)Nc4ccc(F)cc4)c(N)c3c2-c2cccnc2)c(C)c1. The van der Waals surface area contributed by atoms with E-state index in [1.165, 1.54) is 24.3 Å². The van der Waals surface area contributed by atoms with Crippen molar-refractivity contribution in [2.45, 2.75) is 20.8 Å². The molecule has 3 heterocycles. The summed E-state index contributed by atoms with van der Waals surface area (Å²) in [7, 11) is 0. The van der Waals surface area contributed by atoms with E-state index in [2.05, 4.69) is 20.6 Å². The number of fused-ring (bicyclic) bond motifs is 1. The van der Waals surface area contributed by atoms with Crippen LogP contribution in [0.3, 0.4) is 0 Å². The van der Waals surface area contributed by atoms with Crippen molar-refractivity contribution in [2.24, 2.45) is 0 Å². The molecule has 4 N–H and O–H groups in total. The molecule has 0 saturated heterocycles. The topological polar surface area (TPSA) is 110 Å². The number of halogens is 1. The average molecular weight is 526 g/mol. The fourth-order valence-corrected chi connectivity index (χ4v) is 5.42. The van der Waals surface area contributed by atoms with Gasteiger partial charge in [0.25, 0.3) is 11.8 Å². The van der Waals surface area contributed by atoms with Crippen molar-refractivity contribution in [3.8, 4) is 11.1 Å². The van der Waals surface area contributed by atoms with E-state index in [-0.39, 0.29) is 16.5 Å². The molecule has 190 valence electrons. The van der Waals surface area contributed by atoms with Gasteiger partial charge in [-0.3, -0.25) is 14.6 Å². The molecular formula is C29H24FN5O2S. The van der Waals surface area contributed by atoms with Crippen molar-refractivity contribution in [1.29, 1.82) is 0 Å². The predicted molar refractivity (Wildman–Crippen MR) is 150 cm³/mol. The maximum Gasteiger partial charge on any atom is 0.267 e. The van der Waals surface area contributed by atoms with Gasteiger partial charge in [-0.05, 0) is 62.7 Å². The minimum Gasteiger partial charge on any atom is -0.397 e. The van der Waals surface area contributed by atoms with Crippen LogP contribution in [0.1, 0.15) is 36.9 Å². The van der Waals surface area contributed by atoms with E-state index in [1.807, 2.05) is 38.1 Å². The van der Waals surface area contributed by atoms with Crippen LogP contribution in [0.15, 0.2) is 67.0 Å². The van der Waals surface area contributed by atoms with Gasteiger partial charge >= 0.3 is 0 Å². The third-order valence-electron chi connectivity index (χ3n) is 6.17. The maximum absolute atomic E-state index is 13.7. The number of rotatable bonds is 5. The van der Waals surface area contributed by atoms with Crippen molar-refractivity contribution >= 4 is 50.4 Å². The minimum absolute atomic E-state index is 0.205. The number of anilines is 3. The Kier molecular flexibility index (Phi) is 6.61. The first kappa shape index (κ1) is 25.0. The van der Waals surface area contributed by atoms with Gasteiger partial charge in [0, 0.05) is 40.3 Å².